The second-order valence-electron chi connectivity index (χ2n) is 7.63. The summed E-state index contributed by atoms with van der Waals surface area (Å²) in [6, 6.07) is 22.3. The number of fused-ring (bicyclic) bond motifs is 2. The van der Waals surface area contributed by atoms with Crippen molar-refractivity contribution < 1.29 is 22.3 Å². The molecule has 0 saturated heterocycles. The van der Waals surface area contributed by atoms with Crippen LogP contribution in [0.15, 0.2) is 86.6 Å². The Kier molecular flexibility index (Phi) is 5.44. The Balaban J connectivity index is 1.59. The minimum atomic E-state index is -3.84. The van der Waals surface area contributed by atoms with Crippen LogP contribution in [-0.2, 0) is 10.0 Å². The van der Waals surface area contributed by atoms with Gasteiger partial charge in [0.15, 0.2) is 11.5 Å². The Morgan fingerprint density at radius 2 is 1.75 bits per heavy atom. The highest BCUT2D eigenvalue weighted by atomic mass is 79.9. The number of hydrogen-bond acceptors (Lipinski definition) is 5. The number of para-hydroxylation sites is 1. The van der Waals surface area contributed by atoms with Gasteiger partial charge in [-0.25, -0.2) is 13.6 Å². The molecule has 3 aromatic carbocycles. The molecule has 2 atom stereocenters. The molecule has 1 aliphatic heterocycles. The largest absolute Gasteiger partial charge is 0.490 e. The lowest BCUT2D eigenvalue weighted by molar-refractivity contribution is 0.164. The minimum absolute atomic E-state index is 0.0158. The number of sulfonamides is 1. The molecule has 5 rings (SSSR count). The highest BCUT2D eigenvalue weighted by Crippen LogP contribution is 2.42. The lowest BCUT2D eigenvalue weighted by Crippen LogP contribution is -2.27. The Morgan fingerprint density at radius 3 is 2.53 bits per heavy atom. The van der Waals surface area contributed by atoms with E-state index in [1.165, 1.54) is 12.1 Å². The van der Waals surface area contributed by atoms with Crippen molar-refractivity contribution in [1.29, 1.82) is 0 Å². The first-order valence-corrected chi connectivity index (χ1v) is 12.4. The van der Waals surface area contributed by atoms with Crippen LogP contribution >= 0.6 is 15.9 Å². The monoisotopic (exact) mass is 513 g/mol. The van der Waals surface area contributed by atoms with E-state index < -0.39 is 10.0 Å². The van der Waals surface area contributed by atoms with E-state index in [0.29, 0.717) is 24.5 Å². The highest BCUT2D eigenvalue weighted by Gasteiger charge is 2.33. The van der Waals surface area contributed by atoms with Crippen LogP contribution in [0.3, 0.4) is 0 Å². The standard InChI is InChI=1S/C24H20BrNO5S/c25-18-7-3-2-6-17(18)24(23-13-15-5-1-4-8-19(15)30-23)21-11-12-29-22-14-16(32(26,27)28)9-10-20(22)31-21/h1-10,13-14,21,24H,11-12H2,(H2,26,27,28)/t21?,24-/m1/s1. The molecule has 164 valence electrons. The number of halogens is 1. The molecule has 0 aliphatic carbocycles. The minimum Gasteiger partial charge on any atom is -0.490 e. The molecule has 0 radical (unpaired) electrons. The average Bonchev–Trinajstić information content (AvgIpc) is 3.07. The molecule has 0 saturated carbocycles. The number of rotatable bonds is 4. The summed E-state index contributed by atoms with van der Waals surface area (Å²) >= 11 is 3.68. The van der Waals surface area contributed by atoms with Crippen LogP contribution in [0, 0.1) is 0 Å². The van der Waals surface area contributed by atoms with E-state index in [2.05, 4.69) is 15.9 Å². The molecule has 6 nitrogen and oxygen atoms in total. The van der Waals surface area contributed by atoms with E-state index >= 15 is 0 Å². The van der Waals surface area contributed by atoms with Crippen molar-refractivity contribution in [2.45, 2.75) is 23.3 Å². The molecule has 1 aromatic heterocycles. The average molecular weight is 514 g/mol. The molecule has 0 fully saturated rings. The lowest BCUT2D eigenvalue weighted by Gasteiger charge is -2.26. The third-order valence-corrected chi connectivity index (χ3v) is 7.18. The van der Waals surface area contributed by atoms with Crippen LogP contribution in [0.25, 0.3) is 11.0 Å². The van der Waals surface area contributed by atoms with Crippen molar-refractivity contribution in [2.24, 2.45) is 5.14 Å². The van der Waals surface area contributed by atoms with Crippen LogP contribution in [-0.4, -0.2) is 21.1 Å². The van der Waals surface area contributed by atoms with Gasteiger partial charge >= 0.3 is 0 Å². The van der Waals surface area contributed by atoms with Crippen LogP contribution < -0.4 is 14.6 Å². The topological polar surface area (TPSA) is 91.8 Å². The quantitative estimate of drug-likeness (QED) is 0.404. The summed E-state index contributed by atoms with van der Waals surface area (Å²) in [6.07, 6.45) is 0.262. The van der Waals surface area contributed by atoms with Crippen LogP contribution in [0.2, 0.25) is 0 Å². The predicted octanol–water partition coefficient (Wildman–Crippen LogP) is 5.20. The van der Waals surface area contributed by atoms with Crippen molar-refractivity contribution in [3.05, 3.63) is 88.6 Å². The Labute approximate surface area is 194 Å². The zero-order chi connectivity index (χ0) is 22.3. The summed E-state index contributed by atoms with van der Waals surface area (Å²) in [5.74, 6) is 1.39. The third kappa shape index (κ3) is 4.01. The highest BCUT2D eigenvalue weighted by molar-refractivity contribution is 9.10. The van der Waals surface area contributed by atoms with Crippen molar-refractivity contribution in [3.63, 3.8) is 0 Å². The summed E-state index contributed by atoms with van der Waals surface area (Å²) in [4.78, 5) is -0.0158. The molecule has 1 aliphatic rings. The van der Waals surface area contributed by atoms with Gasteiger partial charge in [0.1, 0.15) is 17.4 Å². The number of nitrogens with two attached hydrogens (primary N) is 1. The van der Waals surface area contributed by atoms with Gasteiger partial charge in [-0.2, -0.15) is 0 Å². The van der Waals surface area contributed by atoms with Crippen LogP contribution in [0.4, 0.5) is 0 Å². The Bertz CT molecular complexity index is 1370. The maximum absolute atomic E-state index is 11.7. The first kappa shape index (κ1) is 21.1. The predicted molar refractivity (Wildman–Crippen MR) is 125 cm³/mol. The number of benzene rings is 3. The van der Waals surface area contributed by atoms with Gasteiger partial charge in [0, 0.05) is 22.3 Å². The molecule has 0 amide bonds. The fourth-order valence-corrected chi connectivity index (χ4v) is 5.10. The van der Waals surface area contributed by atoms with Crippen molar-refractivity contribution >= 4 is 36.9 Å². The van der Waals surface area contributed by atoms with Gasteiger partial charge in [-0.1, -0.05) is 52.3 Å². The van der Waals surface area contributed by atoms with Gasteiger partial charge in [-0.15, -0.1) is 0 Å². The fraction of sp³-hybridized carbons (Fsp3) is 0.167. The second-order valence-corrected chi connectivity index (χ2v) is 10.0. The summed E-state index contributed by atoms with van der Waals surface area (Å²) in [5.41, 5.74) is 1.84. The molecular weight excluding hydrogens is 494 g/mol. The smallest absolute Gasteiger partial charge is 0.238 e. The third-order valence-electron chi connectivity index (χ3n) is 5.55. The molecular formula is C24H20BrNO5S. The van der Waals surface area contributed by atoms with Gasteiger partial charge in [-0.3, -0.25) is 0 Å². The summed E-state index contributed by atoms with van der Waals surface area (Å²) < 4.78 is 42.9. The first-order valence-electron chi connectivity index (χ1n) is 10.1. The van der Waals surface area contributed by atoms with E-state index in [1.54, 1.807) is 6.07 Å². The molecule has 8 heteroatoms. The van der Waals surface area contributed by atoms with Crippen molar-refractivity contribution in [1.82, 2.24) is 0 Å². The summed E-state index contributed by atoms with van der Waals surface area (Å²) in [7, 11) is -3.84. The zero-order valence-electron chi connectivity index (χ0n) is 16.9. The lowest BCUT2D eigenvalue weighted by atomic mass is 9.89. The van der Waals surface area contributed by atoms with Crippen molar-refractivity contribution in [2.75, 3.05) is 6.61 Å². The number of hydrogen-bond donors (Lipinski definition) is 1. The van der Waals surface area contributed by atoms with Gasteiger partial charge in [-0.05, 0) is 35.9 Å². The normalized spacial score (nSPS) is 17.1. The van der Waals surface area contributed by atoms with E-state index in [1.807, 2.05) is 54.6 Å². The summed E-state index contributed by atoms with van der Waals surface area (Å²) in [5, 5.41) is 6.28. The molecule has 2 N–H and O–H groups in total. The maximum Gasteiger partial charge on any atom is 0.238 e. The van der Waals surface area contributed by atoms with Gasteiger partial charge < -0.3 is 13.9 Å². The molecule has 0 bridgehead atoms. The molecule has 0 spiro atoms. The molecule has 2 heterocycles. The summed E-state index contributed by atoms with van der Waals surface area (Å²) in [6.45, 7) is 0.354. The van der Waals surface area contributed by atoms with E-state index in [-0.39, 0.29) is 16.9 Å². The van der Waals surface area contributed by atoms with Crippen molar-refractivity contribution in [3.8, 4) is 11.5 Å². The number of furan rings is 1. The Hall–Kier alpha value is -2.81. The Morgan fingerprint density at radius 1 is 0.969 bits per heavy atom. The fourth-order valence-electron chi connectivity index (χ4n) is 4.04. The zero-order valence-corrected chi connectivity index (χ0v) is 19.3. The van der Waals surface area contributed by atoms with Gasteiger partial charge in [0.2, 0.25) is 10.0 Å². The molecule has 1 unspecified atom stereocenters. The SMILES string of the molecule is NS(=O)(=O)c1ccc2c(c1)OCCC([C@H](c1cc3ccccc3o1)c1ccccc1Br)O2. The van der Waals surface area contributed by atoms with E-state index in [0.717, 1.165) is 26.8 Å². The molecule has 4 aromatic rings. The number of primary sulfonamides is 1. The number of ether oxygens (including phenoxy) is 2. The van der Waals surface area contributed by atoms with E-state index in [9.17, 15) is 8.42 Å². The van der Waals surface area contributed by atoms with Gasteiger partial charge in [0.25, 0.3) is 0 Å². The van der Waals surface area contributed by atoms with E-state index in [4.69, 9.17) is 19.0 Å². The molecule has 32 heavy (non-hydrogen) atoms. The second kappa shape index (κ2) is 8.27. The first-order chi connectivity index (χ1) is 15.4. The maximum atomic E-state index is 11.7. The van der Waals surface area contributed by atoms with Gasteiger partial charge in [0.05, 0.1) is 17.4 Å². The van der Waals surface area contributed by atoms with Crippen LogP contribution in [0.5, 0.6) is 11.5 Å². The van der Waals surface area contributed by atoms with Crippen LogP contribution in [0.1, 0.15) is 23.7 Å².